The van der Waals surface area contributed by atoms with Crippen LogP contribution in [0.25, 0.3) is 0 Å². The lowest BCUT2D eigenvalue weighted by atomic mass is 10.1. The number of benzene rings is 1. The third-order valence-electron chi connectivity index (χ3n) is 4.89. The molecule has 4 rings (SSSR count). The van der Waals surface area contributed by atoms with Gasteiger partial charge in [0.05, 0.1) is 0 Å². The summed E-state index contributed by atoms with van der Waals surface area (Å²) in [6.07, 6.45) is 0.326. The number of rotatable bonds is 3. The Bertz CT molecular complexity index is 704. The third kappa shape index (κ3) is 2.00. The van der Waals surface area contributed by atoms with Crippen molar-refractivity contribution in [1.29, 1.82) is 0 Å². The van der Waals surface area contributed by atoms with Gasteiger partial charge in [-0.3, -0.25) is 9.69 Å². The highest BCUT2D eigenvalue weighted by atomic mass is 16.2. The summed E-state index contributed by atoms with van der Waals surface area (Å²) in [5, 5.41) is 0. The van der Waals surface area contributed by atoms with Gasteiger partial charge in [-0.15, -0.1) is 0 Å². The maximum absolute atomic E-state index is 12.9. The number of carbonyl (C=O) groups excluding carboxylic acids is 2. The first-order valence-electron chi connectivity index (χ1n) is 8.38. The molecule has 2 atom stereocenters. The second kappa shape index (κ2) is 5.51. The van der Waals surface area contributed by atoms with Crippen LogP contribution in [-0.4, -0.2) is 71.5 Å². The van der Waals surface area contributed by atoms with Crippen molar-refractivity contribution in [2.75, 3.05) is 31.6 Å². The second-order valence-corrected chi connectivity index (χ2v) is 6.35. The highest BCUT2D eigenvalue weighted by Crippen LogP contribution is 2.33. The minimum Gasteiger partial charge on any atom is -0.325 e. The minimum absolute atomic E-state index is 0.126. The Morgan fingerprint density at radius 1 is 1.17 bits per heavy atom. The first kappa shape index (κ1) is 15.0. The molecule has 0 aromatic heterocycles. The Morgan fingerprint density at radius 2 is 1.92 bits per heavy atom. The van der Waals surface area contributed by atoms with Crippen LogP contribution >= 0.6 is 0 Å². The summed E-state index contributed by atoms with van der Waals surface area (Å²) >= 11 is 0. The van der Waals surface area contributed by atoms with Gasteiger partial charge in [0.15, 0.2) is 12.2 Å². The van der Waals surface area contributed by atoms with Crippen molar-refractivity contribution in [3.8, 4) is 0 Å². The Kier molecular flexibility index (Phi) is 3.44. The minimum atomic E-state index is -0.431. The number of para-hydroxylation sites is 1. The number of imide groups is 1. The molecule has 7 nitrogen and oxygen atoms in total. The van der Waals surface area contributed by atoms with Crippen molar-refractivity contribution in [1.82, 2.24) is 14.7 Å². The lowest BCUT2D eigenvalue weighted by molar-refractivity contribution is -0.137. The second-order valence-electron chi connectivity index (χ2n) is 6.35. The van der Waals surface area contributed by atoms with Crippen molar-refractivity contribution < 1.29 is 9.59 Å². The fourth-order valence-electron chi connectivity index (χ4n) is 3.72. The predicted octanol–water partition coefficient (Wildman–Crippen LogP) is 1.18. The lowest BCUT2D eigenvalue weighted by Crippen LogP contribution is -2.64. The number of amides is 3. The molecule has 2 unspecified atom stereocenters. The number of aliphatic imine (C=N–C) groups is 1. The van der Waals surface area contributed by atoms with Gasteiger partial charge in [0.2, 0.25) is 5.96 Å². The zero-order valence-corrected chi connectivity index (χ0v) is 13.9. The van der Waals surface area contributed by atoms with Crippen molar-refractivity contribution in [3.05, 3.63) is 30.3 Å². The summed E-state index contributed by atoms with van der Waals surface area (Å²) in [6, 6.07) is 9.38. The van der Waals surface area contributed by atoms with Crippen LogP contribution in [0.2, 0.25) is 0 Å². The molecule has 0 N–H and O–H groups in total. The smallest absolute Gasteiger partial charge is 0.325 e. The average Bonchev–Trinajstić information content (AvgIpc) is 3.16. The fraction of sp³-hybridized carbons (Fsp3) is 0.471. The largest absolute Gasteiger partial charge is 0.328 e. The number of urea groups is 1. The van der Waals surface area contributed by atoms with Crippen LogP contribution in [0.4, 0.5) is 10.5 Å². The first-order chi connectivity index (χ1) is 11.6. The number of carbonyl (C=O) groups is 2. The predicted molar refractivity (Wildman–Crippen MR) is 90.7 cm³/mol. The molecule has 2 saturated heterocycles. The maximum Gasteiger partial charge on any atom is 0.328 e. The number of nitrogens with zero attached hydrogens (tertiary/aromatic N) is 5. The summed E-state index contributed by atoms with van der Waals surface area (Å²) in [5.74, 6) is 0.668. The van der Waals surface area contributed by atoms with E-state index in [0.717, 1.165) is 31.2 Å². The van der Waals surface area contributed by atoms with E-state index >= 15 is 0 Å². The maximum atomic E-state index is 12.9. The van der Waals surface area contributed by atoms with Crippen LogP contribution in [0, 0.1) is 0 Å². The zero-order valence-electron chi connectivity index (χ0n) is 13.9. The Morgan fingerprint density at radius 3 is 2.62 bits per heavy atom. The standard InChI is InChI=1S/C17H21N5O2/c1-3-9-22-15(23)13-14(19(2)17(22)24)18-16-20(10-11-21(13)16)12-7-5-4-6-8-12/h4-8,13-14H,3,9-11H2,1-2H3. The lowest BCUT2D eigenvalue weighted by Gasteiger charge is -2.40. The van der Waals surface area contributed by atoms with Gasteiger partial charge in [-0.1, -0.05) is 25.1 Å². The molecule has 0 aliphatic carbocycles. The van der Waals surface area contributed by atoms with Crippen molar-refractivity contribution in [2.45, 2.75) is 25.6 Å². The number of fused-ring (bicyclic) bond motifs is 3. The molecule has 126 valence electrons. The summed E-state index contributed by atoms with van der Waals surface area (Å²) in [4.78, 5) is 37.2. The quantitative estimate of drug-likeness (QED) is 0.836. The van der Waals surface area contributed by atoms with E-state index in [-0.39, 0.29) is 11.9 Å². The van der Waals surface area contributed by atoms with Crippen molar-refractivity contribution >= 4 is 23.6 Å². The van der Waals surface area contributed by atoms with E-state index in [4.69, 9.17) is 4.99 Å². The van der Waals surface area contributed by atoms with E-state index in [0.29, 0.717) is 6.54 Å². The van der Waals surface area contributed by atoms with E-state index in [1.54, 1.807) is 11.9 Å². The Labute approximate surface area is 141 Å². The molecule has 0 saturated carbocycles. The van der Waals surface area contributed by atoms with E-state index in [9.17, 15) is 9.59 Å². The van der Waals surface area contributed by atoms with Gasteiger partial charge < -0.3 is 14.7 Å². The van der Waals surface area contributed by atoms with Crippen LogP contribution in [0.5, 0.6) is 0 Å². The molecule has 3 heterocycles. The SMILES string of the molecule is CCCN1C(=O)C2C(N=C3N(c4ccccc4)CCN32)N(C)C1=O. The number of guanidine groups is 1. The highest BCUT2D eigenvalue weighted by Gasteiger charge is 2.54. The van der Waals surface area contributed by atoms with Gasteiger partial charge in [0.25, 0.3) is 5.91 Å². The van der Waals surface area contributed by atoms with E-state index < -0.39 is 12.2 Å². The molecule has 3 amide bonds. The molecule has 0 radical (unpaired) electrons. The van der Waals surface area contributed by atoms with E-state index in [2.05, 4.69) is 4.90 Å². The normalized spacial score (nSPS) is 26.0. The highest BCUT2D eigenvalue weighted by molar-refractivity contribution is 6.07. The molecule has 0 bridgehead atoms. The van der Waals surface area contributed by atoms with E-state index in [1.807, 2.05) is 42.2 Å². The molecule has 2 fully saturated rings. The average molecular weight is 327 g/mol. The van der Waals surface area contributed by atoms with Gasteiger partial charge in [-0.05, 0) is 18.6 Å². The number of anilines is 1. The third-order valence-corrected chi connectivity index (χ3v) is 4.89. The van der Waals surface area contributed by atoms with Gasteiger partial charge in [0.1, 0.15) is 0 Å². The van der Waals surface area contributed by atoms with Crippen molar-refractivity contribution in [2.24, 2.45) is 4.99 Å². The van der Waals surface area contributed by atoms with Crippen LogP contribution in [0.15, 0.2) is 35.3 Å². The van der Waals surface area contributed by atoms with E-state index in [1.165, 1.54) is 4.90 Å². The van der Waals surface area contributed by atoms with Crippen LogP contribution in [0.1, 0.15) is 13.3 Å². The summed E-state index contributed by atoms with van der Waals surface area (Å²) < 4.78 is 0. The first-order valence-corrected chi connectivity index (χ1v) is 8.38. The summed E-state index contributed by atoms with van der Waals surface area (Å²) in [5.41, 5.74) is 1.06. The van der Waals surface area contributed by atoms with Gasteiger partial charge >= 0.3 is 6.03 Å². The number of hydrogen-bond donors (Lipinski definition) is 0. The molecule has 3 aliphatic rings. The molecule has 3 aliphatic heterocycles. The summed E-state index contributed by atoms with van der Waals surface area (Å²) in [7, 11) is 1.73. The molecule has 1 aromatic carbocycles. The zero-order chi connectivity index (χ0) is 16.8. The van der Waals surface area contributed by atoms with Gasteiger partial charge in [0, 0.05) is 32.4 Å². The van der Waals surface area contributed by atoms with Gasteiger partial charge in [-0.25, -0.2) is 9.79 Å². The van der Waals surface area contributed by atoms with Gasteiger partial charge in [-0.2, -0.15) is 0 Å². The Balaban J connectivity index is 1.67. The van der Waals surface area contributed by atoms with Crippen LogP contribution in [-0.2, 0) is 4.79 Å². The number of likely N-dealkylation sites (N-methyl/N-ethyl adjacent to an activating group) is 1. The summed E-state index contributed by atoms with van der Waals surface area (Å²) in [6.45, 7) is 3.96. The topological polar surface area (TPSA) is 59.5 Å². The van der Waals surface area contributed by atoms with Crippen molar-refractivity contribution in [3.63, 3.8) is 0 Å². The molecule has 7 heteroatoms. The number of hydrogen-bond acceptors (Lipinski definition) is 5. The van der Waals surface area contributed by atoms with Crippen LogP contribution < -0.4 is 4.90 Å². The fourth-order valence-corrected chi connectivity index (χ4v) is 3.72. The molecule has 24 heavy (non-hydrogen) atoms. The van der Waals surface area contributed by atoms with Crippen LogP contribution in [0.3, 0.4) is 0 Å². The molecular formula is C17H21N5O2. The molecular weight excluding hydrogens is 306 g/mol. The monoisotopic (exact) mass is 327 g/mol. The Hall–Kier alpha value is -2.57. The molecule has 1 aromatic rings. The molecule has 0 spiro atoms.